The Labute approximate surface area is 64.2 Å². The zero-order valence-electron chi connectivity index (χ0n) is 7.19. The Kier molecular flexibility index (Phi) is 3.20. The second-order valence-electron chi connectivity index (χ2n) is 3.48. The van der Waals surface area contributed by atoms with Crippen molar-refractivity contribution >= 4 is 0 Å². The molecule has 1 N–H and O–H groups in total. The number of piperidine rings is 1. The summed E-state index contributed by atoms with van der Waals surface area (Å²) in [6.07, 6.45) is 6.89. The molecule has 1 aliphatic heterocycles. The molecule has 0 amide bonds. The SMILES string of the molecule is CCC[C@@H]1CCCC(C)N1. The molecule has 1 rings (SSSR count). The van der Waals surface area contributed by atoms with Crippen molar-refractivity contribution in [1.82, 2.24) is 5.32 Å². The molecule has 0 aromatic carbocycles. The van der Waals surface area contributed by atoms with E-state index >= 15 is 0 Å². The van der Waals surface area contributed by atoms with Crippen LogP contribution in [0.5, 0.6) is 0 Å². The van der Waals surface area contributed by atoms with E-state index in [2.05, 4.69) is 19.2 Å². The average molecular weight is 141 g/mol. The molecule has 0 aliphatic carbocycles. The minimum atomic E-state index is 0.769. The Morgan fingerprint density at radius 1 is 1.40 bits per heavy atom. The van der Waals surface area contributed by atoms with Gasteiger partial charge in [0.05, 0.1) is 0 Å². The number of rotatable bonds is 2. The predicted octanol–water partition coefficient (Wildman–Crippen LogP) is 2.32. The average Bonchev–Trinajstić information content (AvgIpc) is 1.88. The van der Waals surface area contributed by atoms with Crippen LogP contribution in [0.15, 0.2) is 0 Å². The third kappa shape index (κ3) is 2.30. The standard InChI is InChI=1S/C9H19N/c1-3-5-9-7-4-6-8(2)10-9/h8-10H,3-7H2,1-2H3/t8?,9-/m1/s1. The number of nitrogens with one attached hydrogen (secondary N) is 1. The lowest BCUT2D eigenvalue weighted by Crippen LogP contribution is -2.40. The highest BCUT2D eigenvalue weighted by Gasteiger charge is 2.15. The van der Waals surface area contributed by atoms with Crippen molar-refractivity contribution in [3.63, 3.8) is 0 Å². The first-order valence-electron chi connectivity index (χ1n) is 4.59. The number of hydrogen-bond acceptors (Lipinski definition) is 1. The van der Waals surface area contributed by atoms with Gasteiger partial charge in [-0.3, -0.25) is 0 Å². The minimum absolute atomic E-state index is 0.769. The van der Waals surface area contributed by atoms with Crippen molar-refractivity contribution in [2.45, 2.75) is 58.0 Å². The second kappa shape index (κ2) is 3.97. The molecule has 60 valence electrons. The monoisotopic (exact) mass is 141 g/mol. The lowest BCUT2D eigenvalue weighted by atomic mass is 9.97. The maximum absolute atomic E-state index is 3.62. The summed E-state index contributed by atoms with van der Waals surface area (Å²) in [7, 11) is 0. The van der Waals surface area contributed by atoms with Crippen LogP contribution in [0, 0.1) is 0 Å². The maximum Gasteiger partial charge on any atom is 0.00694 e. The molecule has 1 unspecified atom stereocenters. The Balaban J connectivity index is 2.18. The van der Waals surface area contributed by atoms with Gasteiger partial charge in [-0.05, 0) is 26.2 Å². The molecule has 0 saturated carbocycles. The van der Waals surface area contributed by atoms with Gasteiger partial charge in [-0.25, -0.2) is 0 Å². The molecule has 0 aromatic rings. The van der Waals surface area contributed by atoms with Crippen LogP contribution in [0.2, 0.25) is 0 Å². The van der Waals surface area contributed by atoms with Crippen molar-refractivity contribution in [2.24, 2.45) is 0 Å². The fourth-order valence-electron chi connectivity index (χ4n) is 1.82. The van der Waals surface area contributed by atoms with Crippen LogP contribution in [0.25, 0.3) is 0 Å². The molecule has 1 nitrogen and oxygen atoms in total. The normalized spacial score (nSPS) is 34.2. The van der Waals surface area contributed by atoms with Crippen molar-refractivity contribution in [3.8, 4) is 0 Å². The van der Waals surface area contributed by atoms with Crippen molar-refractivity contribution in [2.75, 3.05) is 0 Å². The fourth-order valence-corrected chi connectivity index (χ4v) is 1.82. The van der Waals surface area contributed by atoms with Crippen LogP contribution in [-0.4, -0.2) is 12.1 Å². The zero-order chi connectivity index (χ0) is 7.40. The quantitative estimate of drug-likeness (QED) is 0.622. The summed E-state index contributed by atoms with van der Waals surface area (Å²) in [5.74, 6) is 0. The van der Waals surface area contributed by atoms with Crippen LogP contribution in [-0.2, 0) is 0 Å². The summed E-state index contributed by atoms with van der Waals surface area (Å²) in [6, 6.07) is 1.60. The largest absolute Gasteiger partial charge is 0.312 e. The van der Waals surface area contributed by atoms with Gasteiger partial charge in [0.1, 0.15) is 0 Å². The summed E-state index contributed by atoms with van der Waals surface area (Å²) in [4.78, 5) is 0. The Bertz CT molecular complexity index is 88.7. The molecule has 1 saturated heterocycles. The molecular weight excluding hydrogens is 122 g/mol. The third-order valence-corrected chi connectivity index (χ3v) is 2.35. The van der Waals surface area contributed by atoms with Gasteiger partial charge < -0.3 is 5.32 Å². The highest BCUT2D eigenvalue weighted by Crippen LogP contribution is 2.15. The summed E-state index contributed by atoms with van der Waals surface area (Å²) < 4.78 is 0. The summed E-state index contributed by atoms with van der Waals surface area (Å²) >= 11 is 0. The molecule has 10 heavy (non-hydrogen) atoms. The van der Waals surface area contributed by atoms with E-state index < -0.39 is 0 Å². The molecule has 1 fully saturated rings. The lowest BCUT2D eigenvalue weighted by Gasteiger charge is -2.28. The minimum Gasteiger partial charge on any atom is -0.312 e. The van der Waals surface area contributed by atoms with E-state index in [1.807, 2.05) is 0 Å². The molecule has 0 aromatic heterocycles. The smallest absolute Gasteiger partial charge is 0.00694 e. The summed E-state index contributed by atoms with van der Waals surface area (Å²) in [5, 5.41) is 3.62. The first kappa shape index (κ1) is 8.06. The van der Waals surface area contributed by atoms with E-state index in [1.54, 1.807) is 0 Å². The molecule has 0 spiro atoms. The van der Waals surface area contributed by atoms with E-state index in [0.29, 0.717) is 0 Å². The summed E-state index contributed by atoms with van der Waals surface area (Å²) in [6.45, 7) is 4.56. The van der Waals surface area contributed by atoms with Crippen molar-refractivity contribution in [3.05, 3.63) is 0 Å². The van der Waals surface area contributed by atoms with Gasteiger partial charge in [0.25, 0.3) is 0 Å². The number of hydrogen-bond donors (Lipinski definition) is 1. The third-order valence-electron chi connectivity index (χ3n) is 2.35. The van der Waals surface area contributed by atoms with Gasteiger partial charge in [0.15, 0.2) is 0 Å². The van der Waals surface area contributed by atoms with Gasteiger partial charge in [-0.2, -0.15) is 0 Å². The molecule has 1 aliphatic rings. The molecule has 1 heteroatoms. The van der Waals surface area contributed by atoms with E-state index in [9.17, 15) is 0 Å². The van der Waals surface area contributed by atoms with E-state index in [-0.39, 0.29) is 0 Å². The molecule has 0 radical (unpaired) electrons. The maximum atomic E-state index is 3.62. The topological polar surface area (TPSA) is 12.0 Å². The van der Waals surface area contributed by atoms with Gasteiger partial charge in [0.2, 0.25) is 0 Å². The van der Waals surface area contributed by atoms with Gasteiger partial charge >= 0.3 is 0 Å². The van der Waals surface area contributed by atoms with E-state index in [4.69, 9.17) is 0 Å². The highest BCUT2D eigenvalue weighted by atomic mass is 15.0. The fraction of sp³-hybridized carbons (Fsp3) is 1.00. The Hall–Kier alpha value is -0.0400. The van der Waals surface area contributed by atoms with E-state index in [0.717, 1.165) is 12.1 Å². The second-order valence-corrected chi connectivity index (χ2v) is 3.48. The zero-order valence-corrected chi connectivity index (χ0v) is 7.19. The molecule has 2 atom stereocenters. The van der Waals surface area contributed by atoms with Crippen LogP contribution in [0.4, 0.5) is 0 Å². The van der Waals surface area contributed by atoms with Crippen molar-refractivity contribution in [1.29, 1.82) is 0 Å². The predicted molar refractivity (Wildman–Crippen MR) is 45.1 cm³/mol. The first-order chi connectivity index (χ1) is 4.83. The molecule has 0 bridgehead atoms. The van der Waals surface area contributed by atoms with Crippen LogP contribution in [0.3, 0.4) is 0 Å². The van der Waals surface area contributed by atoms with E-state index in [1.165, 1.54) is 32.1 Å². The Morgan fingerprint density at radius 2 is 2.20 bits per heavy atom. The highest BCUT2D eigenvalue weighted by molar-refractivity contribution is 4.76. The Morgan fingerprint density at radius 3 is 2.80 bits per heavy atom. The molecular formula is C9H19N. The van der Waals surface area contributed by atoms with Crippen LogP contribution in [0.1, 0.15) is 46.0 Å². The van der Waals surface area contributed by atoms with Gasteiger partial charge in [-0.15, -0.1) is 0 Å². The molecule has 1 heterocycles. The van der Waals surface area contributed by atoms with Crippen LogP contribution < -0.4 is 5.32 Å². The first-order valence-corrected chi connectivity index (χ1v) is 4.59. The van der Waals surface area contributed by atoms with Gasteiger partial charge in [-0.1, -0.05) is 19.8 Å². The lowest BCUT2D eigenvalue weighted by molar-refractivity contribution is 0.320. The van der Waals surface area contributed by atoms with Crippen LogP contribution >= 0.6 is 0 Å². The van der Waals surface area contributed by atoms with Gasteiger partial charge in [0, 0.05) is 12.1 Å². The van der Waals surface area contributed by atoms with Crippen molar-refractivity contribution < 1.29 is 0 Å². The summed E-state index contributed by atoms with van der Waals surface area (Å²) in [5.41, 5.74) is 0.